The first-order valence-corrected chi connectivity index (χ1v) is 8.74. The molecule has 0 bridgehead atoms. The van der Waals surface area contributed by atoms with E-state index >= 15 is 0 Å². The van der Waals surface area contributed by atoms with Crippen LogP contribution in [0, 0.1) is 0 Å². The average molecular weight is 422 g/mol. The highest BCUT2D eigenvalue weighted by Crippen LogP contribution is 2.30. The molecule has 1 amide bonds. The SMILES string of the molecule is COc1cc(OC)cc(N2CCC(NC(=O)[C@H]3NCCO[C@@H]3C)C2)c1.Cl.Cl. The lowest BCUT2D eigenvalue weighted by atomic mass is 10.1. The summed E-state index contributed by atoms with van der Waals surface area (Å²) in [6, 6.07) is 5.69. The van der Waals surface area contributed by atoms with Crippen LogP contribution in [0.1, 0.15) is 13.3 Å². The zero-order valence-corrected chi connectivity index (χ0v) is 17.5. The highest BCUT2D eigenvalue weighted by atomic mass is 35.5. The summed E-state index contributed by atoms with van der Waals surface area (Å²) in [6.07, 6.45) is 0.807. The van der Waals surface area contributed by atoms with E-state index in [0.29, 0.717) is 13.2 Å². The van der Waals surface area contributed by atoms with Crippen molar-refractivity contribution in [1.29, 1.82) is 0 Å². The third-order valence-corrected chi connectivity index (χ3v) is 4.83. The van der Waals surface area contributed by atoms with Crippen LogP contribution >= 0.6 is 24.8 Å². The second-order valence-corrected chi connectivity index (χ2v) is 6.52. The molecule has 0 saturated carbocycles. The molecule has 2 heterocycles. The van der Waals surface area contributed by atoms with E-state index in [-0.39, 0.29) is 48.9 Å². The fourth-order valence-corrected chi connectivity index (χ4v) is 3.41. The van der Waals surface area contributed by atoms with Crippen molar-refractivity contribution in [3.63, 3.8) is 0 Å². The number of methoxy groups -OCH3 is 2. The second kappa shape index (κ2) is 10.8. The van der Waals surface area contributed by atoms with Crippen LogP contribution in [-0.2, 0) is 9.53 Å². The first-order chi connectivity index (χ1) is 12.1. The van der Waals surface area contributed by atoms with Crippen molar-refractivity contribution in [2.24, 2.45) is 0 Å². The maximum atomic E-state index is 12.5. The molecule has 1 aromatic carbocycles. The number of carbonyl (C=O) groups excluding carboxylic acids is 1. The van der Waals surface area contributed by atoms with E-state index in [2.05, 4.69) is 15.5 Å². The summed E-state index contributed by atoms with van der Waals surface area (Å²) < 4.78 is 16.2. The highest BCUT2D eigenvalue weighted by Gasteiger charge is 2.31. The van der Waals surface area contributed by atoms with Gasteiger partial charge in [-0.1, -0.05) is 0 Å². The van der Waals surface area contributed by atoms with Gasteiger partial charge in [0.05, 0.1) is 26.9 Å². The lowest BCUT2D eigenvalue weighted by Gasteiger charge is -2.30. The Morgan fingerprint density at radius 3 is 2.48 bits per heavy atom. The Morgan fingerprint density at radius 1 is 1.22 bits per heavy atom. The Hall–Kier alpha value is -1.41. The first-order valence-electron chi connectivity index (χ1n) is 8.74. The molecule has 2 fully saturated rings. The van der Waals surface area contributed by atoms with Gasteiger partial charge < -0.3 is 29.7 Å². The number of halogens is 2. The van der Waals surface area contributed by atoms with Crippen LogP contribution in [0.15, 0.2) is 18.2 Å². The monoisotopic (exact) mass is 421 g/mol. The molecule has 0 aromatic heterocycles. The molecule has 3 rings (SSSR count). The van der Waals surface area contributed by atoms with Crippen molar-refractivity contribution in [1.82, 2.24) is 10.6 Å². The molecule has 0 spiro atoms. The molecule has 7 nitrogen and oxygen atoms in total. The molecular weight excluding hydrogens is 393 g/mol. The number of benzene rings is 1. The zero-order chi connectivity index (χ0) is 17.8. The summed E-state index contributed by atoms with van der Waals surface area (Å²) in [5.74, 6) is 1.54. The van der Waals surface area contributed by atoms with E-state index in [0.717, 1.165) is 36.7 Å². The normalized spacial score (nSPS) is 24.4. The molecule has 2 saturated heterocycles. The number of amides is 1. The van der Waals surface area contributed by atoms with Crippen LogP contribution in [0.25, 0.3) is 0 Å². The van der Waals surface area contributed by atoms with E-state index in [1.165, 1.54) is 0 Å². The number of rotatable bonds is 5. The van der Waals surface area contributed by atoms with Crippen molar-refractivity contribution in [3.05, 3.63) is 18.2 Å². The number of nitrogens with one attached hydrogen (secondary N) is 2. The number of anilines is 1. The van der Waals surface area contributed by atoms with E-state index in [1.54, 1.807) is 14.2 Å². The van der Waals surface area contributed by atoms with Gasteiger partial charge in [0.2, 0.25) is 5.91 Å². The summed E-state index contributed by atoms with van der Waals surface area (Å²) in [5, 5.41) is 6.38. The molecule has 3 atom stereocenters. The number of carbonyl (C=O) groups is 1. The van der Waals surface area contributed by atoms with Crippen molar-refractivity contribution >= 4 is 36.4 Å². The zero-order valence-electron chi connectivity index (χ0n) is 15.9. The van der Waals surface area contributed by atoms with Gasteiger partial charge in [0.25, 0.3) is 0 Å². The maximum Gasteiger partial charge on any atom is 0.240 e. The van der Waals surface area contributed by atoms with Gasteiger partial charge in [-0.3, -0.25) is 4.79 Å². The standard InChI is InChI=1S/C18H27N3O4.2ClH/c1-12-17(19-5-7-25-12)18(22)20-13-4-6-21(11-13)14-8-15(23-2)10-16(9-14)24-3;;/h8-10,12-13,17,19H,4-7,11H2,1-3H3,(H,20,22);2*1H/t12-,13?,17+;;/m1../s1. The minimum atomic E-state index is -0.278. The van der Waals surface area contributed by atoms with Crippen LogP contribution in [-0.4, -0.2) is 64.6 Å². The largest absolute Gasteiger partial charge is 0.497 e. The Morgan fingerprint density at radius 2 is 1.89 bits per heavy atom. The summed E-state index contributed by atoms with van der Waals surface area (Å²) in [5.41, 5.74) is 1.04. The molecule has 2 aliphatic rings. The van der Waals surface area contributed by atoms with Crippen molar-refractivity contribution in [2.75, 3.05) is 45.4 Å². The summed E-state index contributed by atoms with van der Waals surface area (Å²) >= 11 is 0. The number of hydrogen-bond donors (Lipinski definition) is 2. The Kier molecular flexibility index (Phi) is 9.45. The van der Waals surface area contributed by atoms with Crippen molar-refractivity contribution in [3.8, 4) is 11.5 Å². The number of nitrogens with zero attached hydrogens (tertiary/aromatic N) is 1. The van der Waals surface area contributed by atoms with Gasteiger partial charge in [0.15, 0.2) is 0 Å². The minimum absolute atomic E-state index is 0. The molecule has 1 unspecified atom stereocenters. The first kappa shape index (κ1) is 23.6. The molecule has 27 heavy (non-hydrogen) atoms. The predicted molar refractivity (Wildman–Crippen MR) is 110 cm³/mol. The van der Waals surface area contributed by atoms with Gasteiger partial charge in [-0.25, -0.2) is 0 Å². The average Bonchev–Trinajstić information content (AvgIpc) is 3.10. The third-order valence-electron chi connectivity index (χ3n) is 4.83. The quantitative estimate of drug-likeness (QED) is 0.752. The van der Waals surface area contributed by atoms with E-state index < -0.39 is 0 Å². The Labute approximate surface area is 172 Å². The molecule has 0 aliphatic carbocycles. The van der Waals surface area contributed by atoms with Gasteiger partial charge in [-0.15, -0.1) is 24.8 Å². The van der Waals surface area contributed by atoms with E-state index in [1.807, 2.05) is 25.1 Å². The molecular formula is C18H29Cl2N3O4. The highest BCUT2D eigenvalue weighted by molar-refractivity contribution is 5.85. The summed E-state index contributed by atoms with van der Waals surface area (Å²) in [6.45, 7) is 4.94. The second-order valence-electron chi connectivity index (χ2n) is 6.52. The van der Waals surface area contributed by atoms with Crippen molar-refractivity contribution < 1.29 is 19.0 Å². The molecule has 2 aliphatic heterocycles. The fraction of sp³-hybridized carbons (Fsp3) is 0.611. The van der Waals surface area contributed by atoms with Gasteiger partial charge >= 0.3 is 0 Å². The van der Waals surface area contributed by atoms with E-state index in [9.17, 15) is 4.79 Å². The van der Waals surface area contributed by atoms with Crippen LogP contribution < -0.4 is 25.0 Å². The van der Waals surface area contributed by atoms with Crippen LogP contribution in [0.2, 0.25) is 0 Å². The van der Waals surface area contributed by atoms with E-state index in [4.69, 9.17) is 14.2 Å². The number of ether oxygens (including phenoxy) is 3. The predicted octanol–water partition coefficient (Wildman–Crippen LogP) is 1.62. The Balaban J connectivity index is 0.00000182. The maximum absolute atomic E-state index is 12.5. The van der Waals surface area contributed by atoms with Crippen molar-refractivity contribution in [2.45, 2.75) is 31.5 Å². The summed E-state index contributed by atoms with van der Waals surface area (Å²) in [4.78, 5) is 14.7. The summed E-state index contributed by atoms with van der Waals surface area (Å²) in [7, 11) is 3.29. The molecule has 1 aromatic rings. The van der Waals surface area contributed by atoms with Crippen LogP contribution in [0.4, 0.5) is 5.69 Å². The number of morpholine rings is 1. The fourth-order valence-electron chi connectivity index (χ4n) is 3.41. The smallest absolute Gasteiger partial charge is 0.240 e. The van der Waals surface area contributed by atoms with Gasteiger partial charge in [0, 0.05) is 49.6 Å². The lowest BCUT2D eigenvalue weighted by Crippen LogP contribution is -2.57. The molecule has 154 valence electrons. The van der Waals surface area contributed by atoms with Gasteiger partial charge in [-0.2, -0.15) is 0 Å². The van der Waals surface area contributed by atoms with Crippen LogP contribution in [0.3, 0.4) is 0 Å². The number of hydrogen-bond acceptors (Lipinski definition) is 6. The topological polar surface area (TPSA) is 72.1 Å². The molecule has 0 radical (unpaired) electrons. The van der Waals surface area contributed by atoms with Gasteiger partial charge in [-0.05, 0) is 13.3 Å². The van der Waals surface area contributed by atoms with Crippen LogP contribution in [0.5, 0.6) is 11.5 Å². The lowest BCUT2D eigenvalue weighted by molar-refractivity contribution is -0.129. The third kappa shape index (κ3) is 5.78. The molecule has 2 N–H and O–H groups in total. The minimum Gasteiger partial charge on any atom is -0.497 e. The Bertz CT molecular complexity index is 598. The molecule has 9 heteroatoms. The van der Waals surface area contributed by atoms with Gasteiger partial charge in [0.1, 0.15) is 17.5 Å².